The quantitative estimate of drug-likeness (QED) is 0.353. The van der Waals surface area contributed by atoms with Crippen LogP contribution in [0.3, 0.4) is 0 Å². The number of fused-ring (bicyclic) bond motifs is 1. The summed E-state index contributed by atoms with van der Waals surface area (Å²) in [7, 11) is 0. The summed E-state index contributed by atoms with van der Waals surface area (Å²) in [5.41, 5.74) is 8.87. The van der Waals surface area contributed by atoms with E-state index >= 15 is 0 Å². The van der Waals surface area contributed by atoms with E-state index in [0.29, 0.717) is 12.0 Å². The summed E-state index contributed by atoms with van der Waals surface area (Å²) in [4.78, 5) is 48.1. The molecular formula is C27H32ClN3O6. The number of nitrogens with one attached hydrogen (secondary N) is 2. The van der Waals surface area contributed by atoms with Crippen molar-refractivity contribution in [3.8, 4) is 11.5 Å². The Balaban J connectivity index is 0.00000481. The standard InChI is InChI=1S/C27H31N3O6.ClH/c1-15(28)26(33)30-16(2)27(34)29-14-21-12-20(19-8-6-5-7-9-19)13-23-22(21)10-11-24(35-17(3)31)25(23)36-18(4)32;/h5-12,15-16,20H,13-14,28H2,1-4H3,(H,29,34)(H,30,33);1H/t15-,16-,20?;/m0./s1. The number of nitrogens with two attached hydrogens (primary N) is 1. The van der Waals surface area contributed by atoms with Gasteiger partial charge in [-0.1, -0.05) is 42.5 Å². The second kappa shape index (κ2) is 13.0. The number of esters is 2. The molecule has 0 aliphatic heterocycles. The van der Waals surface area contributed by atoms with Gasteiger partial charge in [0.15, 0.2) is 11.5 Å². The summed E-state index contributed by atoms with van der Waals surface area (Å²) in [6.45, 7) is 5.84. The van der Waals surface area contributed by atoms with Crippen molar-refractivity contribution in [2.24, 2.45) is 5.73 Å². The van der Waals surface area contributed by atoms with Crippen LogP contribution in [0.1, 0.15) is 50.3 Å². The van der Waals surface area contributed by atoms with E-state index in [4.69, 9.17) is 15.2 Å². The first-order chi connectivity index (χ1) is 17.1. The van der Waals surface area contributed by atoms with Crippen LogP contribution in [-0.2, 0) is 25.6 Å². The third kappa shape index (κ3) is 7.65. The fourth-order valence-corrected chi connectivity index (χ4v) is 4.03. The molecule has 0 aromatic heterocycles. The number of benzene rings is 2. The van der Waals surface area contributed by atoms with E-state index in [1.54, 1.807) is 19.1 Å². The predicted octanol–water partition coefficient (Wildman–Crippen LogP) is 2.65. The molecule has 1 aliphatic carbocycles. The molecule has 9 nitrogen and oxygen atoms in total. The molecule has 0 heterocycles. The minimum Gasteiger partial charge on any atom is -0.423 e. The summed E-state index contributed by atoms with van der Waals surface area (Å²) in [6, 6.07) is 11.6. The van der Waals surface area contributed by atoms with E-state index in [9.17, 15) is 19.2 Å². The second-order valence-corrected chi connectivity index (χ2v) is 8.76. The summed E-state index contributed by atoms with van der Waals surface area (Å²) in [5, 5.41) is 5.44. The zero-order valence-electron chi connectivity index (χ0n) is 21.2. The number of halogens is 1. The van der Waals surface area contributed by atoms with Crippen LogP contribution in [0.25, 0.3) is 5.57 Å². The van der Waals surface area contributed by atoms with Gasteiger partial charge in [0.2, 0.25) is 11.8 Å². The lowest BCUT2D eigenvalue weighted by Gasteiger charge is -2.27. The van der Waals surface area contributed by atoms with Crippen LogP contribution in [0, 0.1) is 0 Å². The van der Waals surface area contributed by atoms with Crippen LogP contribution in [-0.4, -0.2) is 42.4 Å². The first kappa shape index (κ1) is 29.5. The number of allylic oxidation sites excluding steroid dienone is 1. The maximum absolute atomic E-state index is 12.7. The van der Waals surface area contributed by atoms with E-state index in [0.717, 1.165) is 16.7 Å². The van der Waals surface area contributed by atoms with Crippen molar-refractivity contribution < 1.29 is 28.7 Å². The topological polar surface area (TPSA) is 137 Å². The van der Waals surface area contributed by atoms with Gasteiger partial charge in [-0.15, -0.1) is 12.4 Å². The largest absolute Gasteiger partial charge is 0.423 e. The number of hydrogen-bond acceptors (Lipinski definition) is 7. The van der Waals surface area contributed by atoms with Gasteiger partial charge in [-0.05, 0) is 43.0 Å². The van der Waals surface area contributed by atoms with E-state index in [2.05, 4.69) is 16.7 Å². The van der Waals surface area contributed by atoms with Crippen LogP contribution < -0.4 is 25.8 Å². The summed E-state index contributed by atoms with van der Waals surface area (Å²) in [5.74, 6) is -1.62. The zero-order valence-corrected chi connectivity index (χ0v) is 22.0. The lowest BCUT2D eigenvalue weighted by Crippen LogP contribution is -2.49. The molecule has 10 heteroatoms. The molecule has 0 saturated carbocycles. The van der Waals surface area contributed by atoms with Gasteiger partial charge < -0.3 is 25.8 Å². The Hall–Kier alpha value is -3.69. The zero-order chi connectivity index (χ0) is 26.4. The van der Waals surface area contributed by atoms with Crippen molar-refractivity contribution in [3.05, 3.63) is 65.2 Å². The van der Waals surface area contributed by atoms with Gasteiger partial charge in [0.1, 0.15) is 6.04 Å². The van der Waals surface area contributed by atoms with Crippen molar-refractivity contribution in [3.63, 3.8) is 0 Å². The molecule has 2 aromatic carbocycles. The first-order valence-corrected chi connectivity index (χ1v) is 11.7. The smallest absolute Gasteiger partial charge is 0.308 e. The molecule has 37 heavy (non-hydrogen) atoms. The fraction of sp³-hybridized carbons (Fsp3) is 0.333. The third-order valence-corrected chi connectivity index (χ3v) is 5.74. The molecule has 1 aliphatic rings. The highest BCUT2D eigenvalue weighted by Crippen LogP contribution is 2.43. The normalized spacial score (nSPS) is 15.6. The SMILES string of the molecule is CC(=O)Oc1ccc2c(c1OC(C)=O)CC(c1ccccc1)C=C2CNC(=O)[C@H](C)NC(=O)[C@H](C)N.Cl. The number of amides is 2. The van der Waals surface area contributed by atoms with Gasteiger partial charge >= 0.3 is 11.9 Å². The molecule has 198 valence electrons. The lowest BCUT2D eigenvalue weighted by molar-refractivity contribution is -0.134. The highest BCUT2D eigenvalue weighted by molar-refractivity contribution is 5.90. The molecule has 4 N–H and O–H groups in total. The van der Waals surface area contributed by atoms with Crippen molar-refractivity contribution >= 4 is 41.7 Å². The monoisotopic (exact) mass is 529 g/mol. The van der Waals surface area contributed by atoms with Gasteiger partial charge in [-0.3, -0.25) is 19.2 Å². The Morgan fingerprint density at radius 2 is 1.62 bits per heavy atom. The number of ether oxygens (including phenoxy) is 2. The Labute approximate surface area is 222 Å². The fourth-order valence-electron chi connectivity index (χ4n) is 4.03. The number of carbonyl (C=O) groups is 4. The molecular weight excluding hydrogens is 498 g/mol. The molecule has 3 rings (SSSR count). The Morgan fingerprint density at radius 1 is 0.973 bits per heavy atom. The van der Waals surface area contributed by atoms with E-state index in [1.807, 2.05) is 30.3 Å². The number of rotatable bonds is 8. The van der Waals surface area contributed by atoms with Crippen molar-refractivity contribution in [2.75, 3.05) is 6.54 Å². The van der Waals surface area contributed by atoms with Crippen molar-refractivity contribution in [1.29, 1.82) is 0 Å². The molecule has 0 fully saturated rings. The van der Waals surface area contributed by atoms with Gasteiger partial charge in [0.05, 0.1) is 6.04 Å². The summed E-state index contributed by atoms with van der Waals surface area (Å²) < 4.78 is 10.8. The average molecular weight is 530 g/mol. The maximum Gasteiger partial charge on any atom is 0.308 e. The van der Waals surface area contributed by atoms with Gasteiger partial charge in [0.25, 0.3) is 0 Å². The molecule has 2 amide bonds. The maximum atomic E-state index is 12.7. The lowest BCUT2D eigenvalue weighted by atomic mass is 9.80. The second-order valence-electron chi connectivity index (χ2n) is 8.76. The van der Waals surface area contributed by atoms with Crippen molar-refractivity contribution in [2.45, 2.75) is 52.1 Å². The summed E-state index contributed by atoms with van der Waals surface area (Å²) in [6.07, 6.45) is 2.56. The van der Waals surface area contributed by atoms with Gasteiger partial charge in [-0.25, -0.2) is 0 Å². The first-order valence-electron chi connectivity index (χ1n) is 11.7. The average Bonchev–Trinajstić information content (AvgIpc) is 2.83. The predicted molar refractivity (Wildman–Crippen MR) is 141 cm³/mol. The van der Waals surface area contributed by atoms with Crippen LogP contribution in [0.5, 0.6) is 11.5 Å². The highest BCUT2D eigenvalue weighted by Gasteiger charge is 2.28. The van der Waals surface area contributed by atoms with Crippen molar-refractivity contribution in [1.82, 2.24) is 10.6 Å². The molecule has 0 saturated heterocycles. The minimum absolute atomic E-state index is 0. The van der Waals surface area contributed by atoms with Gasteiger partial charge in [-0.2, -0.15) is 0 Å². The van der Waals surface area contributed by atoms with Crippen LogP contribution >= 0.6 is 12.4 Å². The highest BCUT2D eigenvalue weighted by atomic mass is 35.5. The van der Waals surface area contributed by atoms with Gasteiger partial charge in [0, 0.05) is 31.9 Å². The van der Waals surface area contributed by atoms with E-state index in [-0.39, 0.29) is 42.3 Å². The minimum atomic E-state index is -0.778. The Kier molecular flexibility index (Phi) is 10.4. The van der Waals surface area contributed by atoms with E-state index in [1.165, 1.54) is 20.8 Å². The molecule has 2 aromatic rings. The van der Waals surface area contributed by atoms with Crippen LogP contribution in [0.4, 0.5) is 0 Å². The third-order valence-electron chi connectivity index (χ3n) is 5.74. The van der Waals surface area contributed by atoms with Crippen LogP contribution in [0.15, 0.2) is 48.5 Å². The Morgan fingerprint density at radius 3 is 2.22 bits per heavy atom. The number of hydrogen-bond donors (Lipinski definition) is 3. The molecule has 0 radical (unpaired) electrons. The molecule has 1 unspecified atom stereocenters. The van der Waals surface area contributed by atoms with Crippen LogP contribution in [0.2, 0.25) is 0 Å². The molecule has 3 atom stereocenters. The molecule has 0 spiro atoms. The molecule has 0 bridgehead atoms. The Bertz CT molecular complexity index is 1200. The summed E-state index contributed by atoms with van der Waals surface area (Å²) >= 11 is 0. The number of carbonyl (C=O) groups excluding carboxylic acids is 4. The van der Waals surface area contributed by atoms with E-state index < -0.39 is 29.9 Å².